The summed E-state index contributed by atoms with van der Waals surface area (Å²) in [5.41, 5.74) is 1.30. The van der Waals surface area contributed by atoms with Gasteiger partial charge in [-0.1, -0.05) is 20.3 Å². The molecule has 1 aromatic rings. The van der Waals surface area contributed by atoms with Crippen molar-refractivity contribution in [2.45, 2.75) is 65.3 Å². The van der Waals surface area contributed by atoms with Gasteiger partial charge in [0.15, 0.2) is 5.78 Å². The molecule has 1 N–H and O–H groups in total. The summed E-state index contributed by atoms with van der Waals surface area (Å²) in [7, 11) is 0. The van der Waals surface area contributed by atoms with E-state index >= 15 is 0 Å². The number of nitrogens with zero attached hydrogens (tertiary/aromatic N) is 1. The fourth-order valence-electron chi connectivity index (χ4n) is 7.16. The topological polar surface area (TPSA) is 62.6 Å². The number of carbonyl (C=O) groups excluding carboxylic acids is 2. The number of likely N-dealkylation sites (tertiary alicyclic amines) is 1. The molecule has 3 fully saturated rings. The van der Waals surface area contributed by atoms with Crippen LogP contribution in [-0.2, 0) is 11.3 Å². The van der Waals surface area contributed by atoms with Gasteiger partial charge in [-0.15, -0.1) is 0 Å². The average molecular weight is 397 g/mol. The summed E-state index contributed by atoms with van der Waals surface area (Å²) < 4.78 is 5.37. The maximum atomic E-state index is 13.3. The Balaban J connectivity index is 1.46. The lowest BCUT2D eigenvalue weighted by Gasteiger charge is -2.59. The van der Waals surface area contributed by atoms with Crippen LogP contribution in [0.2, 0.25) is 0 Å². The molecule has 0 bridgehead atoms. The Morgan fingerprint density at radius 1 is 1.24 bits per heavy atom. The molecule has 1 saturated heterocycles. The predicted molar refractivity (Wildman–Crippen MR) is 110 cm³/mol. The molecular weight excluding hydrogens is 364 g/mol. The van der Waals surface area contributed by atoms with Gasteiger partial charge in [0.25, 0.3) is 0 Å². The molecule has 0 radical (unpaired) electrons. The van der Waals surface area contributed by atoms with Gasteiger partial charge in [0.1, 0.15) is 5.76 Å². The van der Waals surface area contributed by atoms with Crippen LogP contribution in [0.4, 0.5) is 4.79 Å². The van der Waals surface area contributed by atoms with Crippen LogP contribution in [0, 0.1) is 28.6 Å². The lowest BCUT2D eigenvalue weighted by Crippen LogP contribution is -2.59. The zero-order valence-corrected chi connectivity index (χ0v) is 17.6. The summed E-state index contributed by atoms with van der Waals surface area (Å²) in [6.07, 6.45) is 11.3. The first kappa shape index (κ1) is 19.0. The largest absolute Gasteiger partial charge is 0.467 e. The number of fused-ring (bicyclic) bond motifs is 5. The predicted octanol–water partition coefficient (Wildman–Crippen LogP) is 4.89. The number of urea groups is 1. The number of allylic oxidation sites excluding steroid dienone is 2. The second-order valence-corrected chi connectivity index (χ2v) is 10.2. The molecule has 29 heavy (non-hydrogen) atoms. The van der Waals surface area contributed by atoms with Crippen molar-refractivity contribution in [3.8, 4) is 0 Å². The quantitative estimate of drug-likeness (QED) is 0.774. The van der Waals surface area contributed by atoms with Crippen LogP contribution in [-0.4, -0.2) is 23.3 Å². The van der Waals surface area contributed by atoms with E-state index in [9.17, 15) is 9.59 Å². The van der Waals surface area contributed by atoms with Crippen molar-refractivity contribution in [1.29, 1.82) is 0 Å². The third-order valence-corrected chi connectivity index (χ3v) is 8.73. The van der Waals surface area contributed by atoms with E-state index in [4.69, 9.17) is 4.42 Å². The lowest BCUT2D eigenvalue weighted by molar-refractivity contribution is -0.118. The van der Waals surface area contributed by atoms with Crippen molar-refractivity contribution in [3.63, 3.8) is 0 Å². The van der Waals surface area contributed by atoms with Crippen molar-refractivity contribution in [2.75, 3.05) is 6.54 Å². The zero-order chi connectivity index (χ0) is 20.2. The molecule has 2 saturated carbocycles. The Kier molecular flexibility index (Phi) is 4.41. The van der Waals surface area contributed by atoms with Gasteiger partial charge in [0, 0.05) is 30.2 Å². The molecule has 5 nitrogen and oxygen atoms in total. The molecule has 0 spiro atoms. The first-order valence-corrected chi connectivity index (χ1v) is 11.2. The molecule has 4 aliphatic rings. The van der Waals surface area contributed by atoms with Gasteiger partial charge in [0.2, 0.25) is 0 Å². The third-order valence-electron chi connectivity index (χ3n) is 8.73. The van der Waals surface area contributed by atoms with E-state index in [0.717, 1.165) is 24.4 Å². The monoisotopic (exact) mass is 396 g/mol. The Hall–Kier alpha value is -2.04. The second kappa shape index (κ2) is 6.75. The number of carbonyl (C=O) groups is 2. The van der Waals surface area contributed by atoms with Crippen LogP contribution < -0.4 is 5.32 Å². The number of piperidine rings is 1. The molecule has 3 aliphatic carbocycles. The van der Waals surface area contributed by atoms with E-state index in [1.807, 2.05) is 17.0 Å². The molecule has 5 atom stereocenters. The third kappa shape index (κ3) is 2.96. The maximum Gasteiger partial charge on any atom is 0.322 e. The second-order valence-electron chi connectivity index (χ2n) is 10.2. The molecule has 1 aromatic heterocycles. The molecule has 1 aliphatic heterocycles. The highest BCUT2D eigenvalue weighted by molar-refractivity contribution is 5.92. The Bertz CT molecular complexity index is 844. The summed E-state index contributed by atoms with van der Waals surface area (Å²) in [5, 5.41) is 3.03. The summed E-state index contributed by atoms with van der Waals surface area (Å²) in [6, 6.07) is 3.60. The number of amides is 2. The van der Waals surface area contributed by atoms with Gasteiger partial charge < -0.3 is 9.73 Å². The minimum absolute atomic E-state index is 0.0806. The van der Waals surface area contributed by atoms with Crippen molar-refractivity contribution in [1.82, 2.24) is 10.2 Å². The van der Waals surface area contributed by atoms with E-state index in [0.29, 0.717) is 36.1 Å². The van der Waals surface area contributed by atoms with Crippen LogP contribution in [0.15, 0.2) is 34.6 Å². The average Bonchev–Trinajstić information content (AvgIpc) is 3.35. The number of nitrogens with one attached hydrogen (secondary N) is 1. The van der Waals surface area contributed by atoms with Gasteiger partial charge in [-0.3, -0.25) is 9.69 Å². The fourth-order valence-corrected chi connectivity index (χ4v) is 7.16. The number of furan rings is 1. The SMILES string of the molecule is C[C@@]12CCC[C@H]1[C@@H]1CN(C(=O)NCc3ccco3)C3=CC(=O)CC[C@]3(C)[C@H]1CC2. The summed E-state index contributed by atoms with van der Waals surface area (Å²) in [4.78, 5) is 27.5. The van der Waals surface area contributed by atoms with Gasteiger partial charge in [-0.25, -0.2) is 4.79 Å². The van der Waals surface area contributed by atoms with E-state index in [2.05, 4.69) is 19.2 Å². The minimum atomic E-state index is -0.0997. The first-order valence-electron chi connectivity index (χ1n) is 11.2. The molecule has 2 amide bonds. The van der Waals surface area contributed by atoms with Crippen LogP contribution in [0.5, 0.6) is 0 Å². The highest BCUT2D eigenvalue weighted by Crippen LogP contribution is 2.63. The molecule has 156 valence electrons. The number of hydrogen-bond donors (Lipinski definition) is 1. The van der Waals surface area contributed by atoms with Crippen LogP contribution in [0.3, 0.4) is 0 Å². The maximum absolute atomic E-state index is 13.3. The summed E-state index contributed by atoms with van der Waals surface area (Å²) in [5.74, 6) is 2.69. The fraction of sp³-hybridized carbons (Fsp3) is 0.667. The van der Waals surface area contributed by atoms with Crippen molar-refractivity contribution in [3.05, 3.63) is 35.9 Å². The van der Waals surface area contributed by atoms with Gasteiger partial charge in [-0.05, 0) is 67.4 Å². The first-order chi connectivity index (χ1) is 13.9. The molecule has 5 heteroatoms. The van der Waals surface area contributed by atoms with Gasteiger partial charge in [0.05, 0.1) is 12.8 Å². The summed E-state index contributed by atoms with van der Waals surface area (Å²) in [6.45, 7) is 5.89. The molecule has 0 unspecified atom stereocenters. The van der Waals surface area contributed by atoms with Crippen molar-refractivity contribution < 1.29 is 14.0 Å². The van der Waals surface area contributed by atoms with E-state index in [1.54, 1.807) is 12.3 Å². The number of ketones is 1. The zero-order valence-electron chi connectivity index (χ0n) is 17.6. The van der Waals surface area contributed by atoms with Gasteiger partial charge in [-0.2, -0.15) is 0 Å². The van der Waals surface area contributed by atoms with E-state index in [-0.39, 0.29) is 17.2 Å². The smallest absolute Gasteiger partial charge is 0.322 e. The minimum Gasteiger partial charge on any atom is -0.467 e. The van der Waals surface area contributed by atoms with Crippen LogP contribution in [0.25, 0.3) is 0 Å². The number of hydrogen-bond acceptors (Lipinski definition) is 3. The molecular formula is C24H32N2O3. The van der Waals surface area contributed by atoms with Gasteiger partial charge >= 0.3 is 6.03 Å². The molecule has 2 heterocycles. The lowest BCUT2D eigenvalue weighted by atomic mass is 9.50. The molecule has 0 aromatic carbocycles. The highest BCUT2D eigenvalue weighted by Gasteiger charge is 2.58. The Morgan fingerprint density at radius 3 is 2.90 bits per heavy atom. The Morgan fingerprint density at radius 2 is 2.10 bits per heavy atom. The van der Waals surface area contributed by atoms with Crippen LogP contribution in [0.1, 0.15) is 64.6 Å². The van der Waals surface area contributed by atoms with Crippen LogP contribution >= 0.6 is 0 Å². The van der Waals surface area contributed by atoms with Crippen molar-refractivity contribution >= 4 is 11.8 Å². The highest BCUT2D eigenvalue weighted by atomic mass is 16.3. The standard InChI is InChI=1S/C24H32N2O3/c1-23-9-3-6-19(23)18-15-26(22(28)25-14-17-5-4-12-29-17)21-13-16(27)7-11-24(21,2)20(18)8-10-23/h4-5,12-13,18-20H,3,6-11,14-15H2,1-2H3,(H,25,28)/t18-,19-,20-,23-,24+/m0/s1. The van der Waals surface area contributed by atoms with E-state index < -0.39 is 0 Å². The normalized spacial score (nSPS) is 38.7. The summed E-state index contributed by atoms with van der Waals surface area (Å²) >= 11 is 0. The van der Waals surface area contributed by atoms with Crippen molar-refractivity contribution in [2.24, 2.45) is 28.6 Å². The van der Waals surface area contributed by atoms with E-state index in [1.165, 1.54) is 32.1 Å². The number of rotatable bonds is 2. The molecule has 5 rings (SSSR count). The Labute approximate surface area is 172 Å².